The smallest absolute Gasteiger partial charge is 0.266 e. The Bertz CT molecular complexity index is 1240. The first-order chi connectivity index (χ1) is 13.4. The van der Waals surface area contributed by atoms with Gasteiger partial charge in [0.2, 0.25) is 0 Å². The van der Waals surface area contributed by atoms with E-state index in [0.717, 1.165) is 23.5 Å². The number of hydrogen-bond acceptors (Lipinski definition) is 7. The number of aromatic amines is 1. The van der Waals surface area contributed by atoms with Gasteiger partial charge in [0.05, 0.1) is 26.8 Å². The standard InChI is InChI=1S/C19H14N2O6S/c1-27-16-5-3-2-4-12(16)15(23)10-18-20-19(24)17(28-18)9-11-6-7-14(22)13(8-11)21(25)26/h2-10,22H,1H3,(H,20,24)/p-1/b17-9+,18-10+. The lowest BCUT2D eigenvalue weighted by atomic mass is 10.1. The van der Waals surface area contributed by atoms with Crippen LogP contribution in [0.2, 0.25) is 0 Å². The van der Waals surface area contributed by atoms with Crippen LogP contribution in [0.4, 0.5) is 5.69 Å². The Balaban J connectivity index is 2.02. The zero-order valence-corrected chi connectivity index (χ0v) is 15.3. The number of Topliss-reactive ketones (excluding diaryl/α,β-unsaturated/α-hetero) is 1. The summed E-state index contributed by atoms with van der Waals surface area (Å²) < 4.78 is 5.72. The normalized spacial score (nSPS) is 12.2. The Morgan fingerprint density at radius 3 is 2.71 bits per heavy atom. The summed E-state index contributed by atoms with van der Waals surface area (Å²) >= 11 is 1.02. The number of ether oxygens (including phenoxy) is 1. The van der Waals surface area contributed by atoms with Crippen LogP contribution >= 0.6 is 11.3 Å². The Kier molecular flexibility index (Phi) is 5.37. The van der Waals surface area contributed by atoms with Crippen molar-refractivity contribution in [2.75, 3.05) is 7.11 Å². The van der Waals surface area contributed by atoms with E-state index < -0.39 is 21.9 Å². The van der Waals surface area contributed by atoms with E-state index in [1.807, 2.05) is 0 Å². The molecule has 0 amide bonds. The lowest BCUT2D eigenvalue weighted by molar-refractivity contribution is -0.398. The molecule has 0 bridgehead atoms. The van der Waals surface area contributed by atoms with Crippen LogP contribution in [-0.4, -0.2) is 22.8 Å². The molecule has 0 fully saturated rings. The maximum atomic E-state index is 12.5. The van der Waals surface area contributed by atoms with Crippen molar-refractivity contribution in [3.05, 3.63) is 83.3 Å². The third kappa shape index (κ3) is 3.99. The van der Waals surface area contributed by atoms with Gasteiger partial charge in [-0.2, -0.15) is 0 Å². The highest BCUT2D eigenvalue weighted by atomic mass is 32.1. The topological polar surface area (TPSA) is 125 Å². The van der Waals surface area contributed by atoms with Gasteiger partial charge in [0, 0.05) is 12.1 Å². The lowest BCUT2D eigenvalue weighted by Crippen LogP contribution is -2.20. The van der Waals surface area contributed by atoms with Gasteiger partial charge in [-0.1, -0.05) is 24.3 Å². The van der Waals surface area contributed by atoms with Crippen LogP contribution in [0.15, 0.2) is 47.3 Å². The van der Waals surface area contributed by atoms with Crippen molar-refractivity contribution in [2.24, 2.45) is 0 Å². The van der Waals surface area contributed by atoms with Gasteiger partial charge in [-0.3, -0.25) is 19.7 Å². The monoisotopic (exact) mass is 397 g/mol. The van der Waals surface area contributed by atoms with Crippen LogP contribution < -0.4 is 24.6 Å². The van der Waals surface area contributed by atoms with E-state index in [9.17, 15) is 24.8 Å². The van der Waals surface area contributed by atoms with Crippen LogP contribution in [0.1, 0.15) is 15.9 Å². The highest BCUT2D eigenvalue weighted by molar-refractivity contribution is 7.07. The number of nitro benzene ring substituents is 1. The van der Waals surface area contributed by atoms with Gasteiger partial charge in [-0.15, -0.1) is 11.3 Å². The first kappa shape index (κ1) is 19.1. The van der Waals surface area contributed by atoms with E-state index in [2.05, 4.69) is 4.98 Å². The molecular formula is C19H13N2O6S-. The van der Waals surface area contributed by atoms with E-state index in [0.29, 0.717) is 21.5 Å². The number of carbonyl (C=O) groups excluding carboxylic acids is 1. The lowest BCUT2D eigenvalue weighted by Gasteiger charge is -2.05. The Morgan fingerprint density at radius 2 is 2.00 bits per heavy atom. The summed E-state index contributed by atoms with van der Waals surface area (Å²) in [6.07, 6.45) is 2.70. The molecular weight excluding hydrogens is 384 g/mol. The highest BCUT2D eigenvalue weighted by Gasteiger charge is 2.10. The van der Waals surface area contributed by atoms with Crippen LogP contribution in [0.3, 0.4) is 0 Å². The molecule has 0 spiro atoms. The van der Waals surface area contributed by atoms with Gasteiger partial charge in [0.1, 0.15) is 5.75 Å². The Labute approximate surface area is 161 Å². The zero-order valence-electron chi connectivity index (χ0n) is 14.5. The predicted octanol–water partition coefficient (Wildman–Crippen LogP) is 0.919. The second-order valence-corrected chi connectivity index (χ2v) is 6.71. The quantitative estimate of drug-likeness (QED) is 0.388. The average Bonchev–Trinajstić information content (AvgIpc) is 3.01. The number of ketones is 1. The fraction of sp³-hybridized carbons (Fsp3) is 0.0526. The molecule has 2 aromatic carbocycles. The average molecular weight is 397 g/mol. The predicted molar refractivity (Wildman–Crippen MR) is 102 cm³/mol. The summed E-state index contributed by atoms with van der Waals surface area (Å²) in [5, 5.41) is 22.4. The third-order valence-corrected chi connectivity index (χ3v) is 4.76. The fourth-order valence-electron chi connectivity index (χ4n) is 2.49. The van der Waals surface area contributed by atoms with Crippen LogP contribution in [0.25, 0.3) is 12.2 Å². The van der Waals surface area contributed by atoms with Crippen molar-refractivity contribution in [3.8, 4) is 11.5 Å². The molecule has 0 radical (unpaired) electrons. The molecule has 0 aliphatic heterocycles. The summed E-state index contributed by atoms with van der Waals surface area (Å²) in [5.41, 5.74) is -0.328. The number of carbonyl (C=O) groups is 1. The Hall–Kier alpha value is -3.72. The molecule has 3 aromatic rings. The molecule has 1 heterocycles. The molecule has 3 rings (SSSR count). The van der Waals surface area contributed by atoms with Crippen molar-refractivity contribution in [2.45, 2.75) is 0 Å². The molecule has 0 saturated carbocycles. The number of thiazole rings is 1. The van der Waals surface area contributed by atoms with Gasteiger partial charge < -0.3 is 14.8 Å². The third-order valence-electron chi connectivity index (χ3n) is 3.79. The van der Waals surface area contributed by atoms with Gasteiger partial charge in [-0.05, 0) is 29.5 Å². The molecule has 0 aliphatic rings. The molecule has 1 aromatic heterocycles. The van der Waals surface area contributed by atoms with Crippen LogP contribution in [0, 0.1) is 10.1 Å². The number of H-pyrrole nitrogens is 1. The molecule has 9 heteroatoms. The molecule has 8 nitrogen and oxygen atoms in total. The maximum absolute atomic E-state index is 12.5. The molecule has 0 aliphatic carbocycles. The van der Waals surface area contributed by atoms with Crippen LogP contribution in [0.5, 0.6) is 11.5 Å². The number of nitrogens with zero attached hydrogens (tertiary/aromatic N) is 1. The highest BCUT2D eigenvalue weighted by Crippen LogP contribution is 2.24. The maximum Gasteiger partial charge on any atom is 0.266 e. The molecule has 28 heavy (non-hydrogen) atoms. The van der Waals surface area contributed by atoms with Gasteiger partial charge in [-0.25, -0.2) is 0 Å². The number of benzene rings is 2. The second-order valence-electron chi connectivity index (χ2n) is 5.62. The van der Waals surface area contributed by atoms with E-state index in [-0.39, 0.29) is 10.3 Å². The summed E-state index contributed by atoms with van der Waals surface area (Å²) in [6.45, 7) is 0. The molecule has 0 atom stereocenters. The molecule has 142 valence electrons. The molecule has 0 unspecified atom stereocenters. The van der Waals surface area contributed by atoms with Crippen LogP contribution in [-0.2, 0) is 0 Å². The minimum atomic E-state index is -0.774. The number of nitro groups is 1. The number of hydrogen-bond donors (Lipinski definition) is 1. The summed E-state index contributed by atoms with van der Waals surface area (Å²) in [4.78, 5) is 37.3. The van der Waals surface area contributed by atoms with Crippen molar-refractivity contribution >= 4 is 35.0 Å². The van der Waals surface area contributed by atoms with E-state index >= 15 is 0 Å². The van der Waals surface area contributed by atoms with E-state index in [4.69, 9.17) is 4.74 Å². The SMILES string of the molecule is COc1ccccc1C(=O)/C=c1\[nH]c(=O)/c(=C\c2ccc([O-])c([N+](=O)[O-])c2)s1. The number of methoxy groups -OCH3 is 1. The number of nitrogens with one attached hydrogen (secondary N) is 1. The summed E-state index contributed by atoms with van der Waals surface area (Å²) in [6, 6.07) is 10.3. The van der Waals surface area contributed by atoms with E-state index in [1.165, 1.54) is 25.3 Å². The van der Waals surface area contributed by atoms with Crippen molar-refractivity contribution < 1.29 is 19.6 Å². The van der Waals surface area contributed by atoms with Gasteiger partial charge in [0.15, 0.2) is 5.78 Å². The zero-order chi connectivity index (χ0) is 20.3. The molecule has 1 N–H and O–H groups in total. The number of aromatic nitrogens is 1. The first-order valence-corrected chi connectivity index (χ1v) is 8.76. The minimum Gasteiger partial charge on any atom is -0.868 e. The van der Waals surface area contributed by atoms with Crippen molar-refractivity contribution in [1.29, 1.82) is 0 Å². The van der Waals surface area contributed by atoms with Crippen molar-refractivity contribution in [1.82, 2.24) is 4.98 Å². The number of rotatable bonds is 5. The van der Waals surface area contributed by atoms with E-state index in [1.54, 1.807) is 24.3 Å². The van der Waals surface area contributed by atoms with Gasteiger partial charge in [0.25, 0.3) is 11.2 Å². The van der Waals surface area contributed by atoms with Gasteiger partial charge >= 0.3 is 0 Å². The molecule has 0 saturated heterocycles. The first-order valence-electron chi connectivity index (χ1n) is 7.94. The number of para-hydroxylation sites is 1. The van der Waals surface area contributed by atoms with Crippen molar-refractivity contribution in [3.63, 3.8) is 0 Å². The largest absolute Gasteiger partial charge is 0.868 e. The fourth-order valence-corrected chi connectivity index (χ4v) is 3.37. The second kappa shape index (κ2) is 7.89. The Morgan fingerprint density at radius 1 is 1.25 bits per heavy atom. The minimum absolute atomic E-state index is 0.243. The summed E-state index contributed by atoms with van der Waals surface area (Å²) in [7, 11) is 1.46. The summed E-state index contributed by atoms with van der Waals surface area (Å²) in [5.74, 6) is -0.633.